The topological polar surface area (TPSA) is 67.4 Å². The predicted octanol–water partition coefficient (Wildman–Crippen LogP) is 3.18. The molecule has 0 spiro atoms. The lowest BCUT2D eigenvalue weighted by Gasteiger charge is -2.28. The van der Waals surface area contributed by atoms with Crippen LogP contribution in [-0.4, -0.2) is 18.6 Å². The minimum absolute atomic E-state index is 0.248. The van der Waals surface area contributed by atoms with Crippen molar-refractivity contribution in [3.05, 3.63) is 45.1 Å². The molecule has 5 nitrogen and oxygen atoms in total. The summed E-state index contributed by atoms with van der Waals surface area (Å²) in [5.74, 6) is -0.487. The highest BCUT2D eigenvalue weighted by molar-refractivity contribution is 6.42. The quantitative estimate of drug-likeness (QED) is 0.837. The van der Waals surface area contributed by atoms with Crippen LogP contribution in [0.3, 0.4) is 0 Å². The first kappa shape index (κ1) is 15.7. The zero-order valence-electron chi connectivity index (χ0n) is 11.5. The van der Waals surface area contributed by atoms with E-state index in [4.69, 9.17) is 27.9 Å². The van der Waals surface area contributed by atoms with Crippen LogP contribution in [0.5, 0.6) is 0 Å². The van der Waals surface area contributed by atoms with Crippen molar-refractivity contribution in [2.24, 2.45) is 0 Å². The molecule has 1 atom stereocenters. The van der Waals surface area contributed by atoms with E-state index in [-0.39, 0.29) is 6.61 Å². The van der Waals surface area contributed by atoms with Gasteiger partial charge in [-0.05, 0) is 31.5 Å². The number of urea groups is 1. The molecule has 1 aromatic carbocycles. The lowest BCUT2D eigenvalue weighted by Crippen LogP contribution is -2.45. The molecule has 21 heavy (non-hydrogen) atoms. The van der Waals surface area contributed by atoms with Crippen LogP contribution in [0.2, 0.25) is 10.0 Å². The summed E-state index contributed by atoms with van der Waals surface area (Å²) in [5, 5.41) is 6.00. The van der Waals surface area contributed by atoms with Crippen LogP contribution in [0.4, 0.5) is 4.79 Å². The monoisotopic (exact) mass is 328 g/mol. The molecule has 0 aliphatic carbocycles. The summed E-state index contributed by atoms with van der Waals surface area (Å²) in [4.78, 5) is 23.8. The molecule has 1 aliphatic rings. The lowest BCUT2D eigenvalue weighted by molar-refractivity contribution is -0.139. The summed E-state index contributed by atoms with van der Waals surface area (Å²) in [7, 11) is 0. The third kappa shape index (κ3) is 3.31. The summed E-state index contributed by atoms with van der Waals surface area (Å²) in [6.07, 6.45) is 0. The van der Waals surface area contributed by atoms with E-state index in [2.05, 4.69) is 10.6 Å². The third-order valence-corrected chi connectivity index (χ3v) is 3.78. The minimum Gasteiger partial charge on any atom is -0.463 e. The first-order chi connectivity index (χ1) is 9.93. The largest absolute Gasteiger partial charge is 0.463 e. The molecule has 0 radical (unpaired) electrons. The summed E-state index contributed by atoms with van der Waals surface area (Å²) in [6.45, 7) is 3.62. The average Bonchev–Trinajstić information content (AvgIpc) is 2.41. The lowest BCUT2D eigenvalue weighted by atomic mass is 9.95. The molecule has 0 saturated carbocycles. The van der Waals surface area contributed by atoms with Gasteiger partial charge in [0.2, 0.25) is 0 Å². The van der Waals surface area contributed by atoms with Crippen molar-refractivity contribution in [2.75, 3.05) is 6.61 Å². The van der Waals surface area contributed by atoms with E-state index in [1.54, 1.807) is 32.0 Å². The van der Waals surface area contributed by atoms with Crippen molar-refractivity contribution < 1.29 is 14.3 Å². The summed E-state index contributed by atoms with van der Waals surface area (Å²) >= 11 is 11.9. The summed E-state index contributed by atoms with van der Waals surface area (Å²) < 4.78 is 5.05. The second kappa shape index (κ2) is 6.37. The zero-order valence-corrected chi connectivity index (χ0v) is 13.0. The van der Waals surface area contributed by atoms with Crippen molar-refractivity contribution in [3.63, 3.8) is 0 Å². The van der Waals surface area contributed by atoms with Crippen LogP contribution < -0.4 is 10.6 Å². The van der Waals surface area contributed by atoms with Gasteiger partial charge in [-0.1, -0.05) is 29.3 Å². The van der Waals surface area contributed by atoms with E-state index in [1.165, 1.54) is 0 Å². The van der Waals surface area contributed by atoms with E-state index in [9.17, 15) is 9.59 Å². The Kier molecular flexibility index (Phi) is 4.75. The van der Waals surface area contributed by atoms with Crippen molar-refractivity contribution in [3.8, 4) is 0 Å². The fraction of sp³-hybridized carbons (Fsp3) is 0.286. The Hall–Kier alpha value is -1.72. The van der Waals surface area contributed by atoms with Gasteiger partial charge < -0.3 is 15.4 Å². The third-order valence-electron chi connectivity index (χ3n) is 3.04. The number of benzene rings is 1. The van der Waals surface area contributed by atoms with E-state index in [0.717, 1.165) is 0 Å². The van der Waals surface area contributed by atoms with E-state index >= 15 is 0 Å². The number of hydrogen-bond donors (Lipinski definition) is 2. The van der Waals surface area contributed by atoms with Crippen LogP contribution in [-0.2, 0) is 9.53 Å². The van der Waals surface area contributed by atoms with Gasteiger partial charge in [0.1, 0.15) is 0 Å². The van der Waals surface area contributed by atoms with Gasteiger partial charge in [-0.25, -0.2) is 9.59 Å². The molecule has 0 bridgehead atoms. The number of ether oxygens (including phenoxy) is 1. The first-order valence-corrected chi connectivity index (χ1v) is 7.10. The molecular weight excluding hydrogens is 315 g/mol. The van der Waals surface area contributed by atoms with Crippen LogP contribution in [0.1, 0.15) is 25.5 Å². The fourth-order valence-corrected chi connectivity index (χ4v) is 2.42. The van der Waals surface area contributed by atoms with Gasteiger partial charge in [0.15, 0.2) is 0 Å². The molecule has 0 saturated heterocycles. The molecule has 2 rings (SSSR count). The number of amides is 2. The summed E-state index contributed by atoms with van der Waals surface area (Å²) in [6, 6.07) is 3.92. The Balaban J connectivity index is 2.46. The highest BCUT2D eigenvalue weighted by atomic mass is 35.5. The fourth-order valence-electron chi connectivity index (χ4n) is 2.12. The Bertz CT molecular complexity index is 629. The number of carbonyl (C=O) groups is 2. The number of hydrogen-bond acceptors (Lipinski definition) is 3. The maximum absolute atomic E-state index is 12.1. The highest BCUT2D eigenvalue weighted by Crippen LogP contribution is 2.31. The SMILES string of the molecule is CCOC(=O)C1=C(C)NC(=O)N[C@@H]1c1ccc(Cl)c(Cl)c1. The maximum atomic E-state index is 12.1. The van der Waals surface area contributed by atoms with Crippen LogP contribution >= 0.6 is 23.2 Å². The van der Waals surface area contributed by atoms with E-state index in [1.807, 2.05) is 0 Å². The standard InChI is InChI=1S/C14H14Cl2N2O3/c1-3-21-13(19)11-7(2)17-14(20)18-12(11)8-4-5-9(15)10(16)6-8/h4-6,12H,3H2,1-2H3,(H2,17,18,20)/t12-/m1/s1. The number of rotatable bonds is 3. The van der Waals surface area contributed by atoms with E-state index < -0.39 is 18.0 Å². The van der Waals surface area contributed by atoms with Crippen LogP contribution in [0, 0.1) is 0 Å². The van der Waals surface area contributed by atoms with Gasteiger partial charge in [-0.2, -0.15) is 0 Å². The number of nitrogens with one attached hydrogen (secondary N) is 2. The molecule has 0 aromatic heterocycles. The molecule has 1 aliphatic heterocycles. The van der Waals surface area contributed by atoms with Gasteiger partial charge in [0.25, 0.3) is 0 Å². The Labute approximate surface area is 132 Å². The number of halogens is 2. The summed E-state index contributed by atoms with van der Waals surface area (Å²) in [5.41, 5.74) is 1.45. The second-order valence-electron chi connectivity index (χ2n) is 4.46. The smallest absolute Gasteiger partial charge is 0.338 e. The van der Waals surface area contributed by atoms with Gasteiger partial charge in [-0.3, -0.25) is 0 Å². The molecule has 0 unspecified atom stereocenters. The van der Waals surface area contributed by atoms with Gasteiger partial charge in [0, 0.05) is 5.70 Å². The Morgan fingerprint density at radius 3 is 2.67 bits per heavy atom. The molecule has 2 amide bonds. The molecule has 7 heteroatoms. The molecular formula is C14H14Cl2N2O3. The highest BCUT2D eigenvalue weighted by Gasteiger charge is 2.32. The average molecular weight is 329 g/mol. The normalized spacial score (nSPS) is 18.1. The van der Waals surface area contributed by atoms with Gasteiger partial charge in [0.05, 0.1) is 28.3 Å². The molecule has 0 fully saturated rings. The second-order valence-corrected chi connectivity index (χ2v) is 5.28. The molecule has 2 N–H and O–H groups in total. The molecule has 112 valence electrons. The minimum atomic E-state index is -0.632. The Morgan fingerprint density at radius 1 is 1.33 bits per heavy atom. The zero-order chi connectivity index (χ0) is 15.6. The number of allylic oxidation sites excluding steroid dienone is 1. The molecule has 1 heterocycles. The van der Waals surface area contributed by atoms with Gasteiger partial charge in [-0.15, -0.1) is 0 Å². The van der Waals surface area contributed by atoms with Crippen molar-refractivity contribution in [1.82, 2.24) is 10.6 Å². The maximum Gasteiger partial charge on any atom is 0.338 e. The first-order valence-electron chi connectivity index (χ1n) is 6.34. The molecule has 1 aromatic rings. The Morgan fingerprint density at radius 2 is 2.05 bits per heavy atom. The van der Waals surface area contributed by atoms with Gasteiger partial charge >= 0.3 is 12.0 Å². The van der Waals surface area contributed by atoms with Crippen molar-refractivity contribution in [2.45, 2.75) is 19.9 Å². The predicted molar refractivity (Wildman–Crippen MR) is 80.2 cm³/mol. The number of carbonyl (C=O) groups excluding carboxylic acids is 2. The van der Waals surface area contributed by atoms with E-state index in [0.29, 0.717) is 26.9 Å². The van der Waals surface area contributed by atoms with Crippen molar-refractivity contribution >= 4 is 35.2 Å². The van der Waals surface area contributed by atoms with Crippen molar-refractivity contribution in [1.29, 1.82) is 0 Å². The number of esters is 1. The van der Waals surface area contributed by atoms with Crippen LogP contribution in [0.25, 0.3) is 0 Å². The van der Waals surface area contributed by atoms with Crippen LogP contribution in [0.15, 0.2) is 29.5 Å².